The number of hydrogen-bond donors (Lipinski definition) is 0. The van der Waals surface area contributed by atoms with E-state index in [1.54, 1.807) is 37.3 Å². The van der Waals surface area contributed by atoms with Gasteiger partial charge in [-0.25, -0.2) is 37.8 Å². The molecule has 0 unspecified atom stereocenters. The van der Waals surface area contributed by atoms with Crippen molar-refractivity contribution in [2.75, 3.05) is 32.1 Å². The molecule has 0 radical (unpaired) electrons. The number of nitrogens with zero attached hydrogens (tertiary/aromatic N) is 9. The van der Waals surface area contributed by atoms with Crippen molar-refractivity contribution in [2.45, 2.75) is 38.1 Å². The van der Waals surface area contributed by atoms with E-state index < -0.39 is 35.7 Å². The number of pyridine rings is 1. The predicted octanol–water partition coefficient (Wildman–Crippen LogP) is 4.47. The summed E-state index contributed by atoms with van der Waals surface area (Å²) in [7, 11) is 3.30. The summed E-state index contributed by atoms with van der Waals surface area (Å²) < 4.78 is 58.9. The molecule has 2 aliphatic heterocycles. The number of likely N-dealkylation sites (N-methyl/N-ethyl adjacent to an activating group) is 1. The van der Waals surface area contributed by atoms with Crippen molar-refractivity contribution in [1.29, 1.82) is 0 Å². The number of imidazole rings is 1. The maximum absolute atomic E-state index is 14.9. The first-order valence-corrected chi connectivity index (χ1v) is 15.7. The molecule has 3 atom stereocenters. The zero-order valence-corrected chi connectivity index (χ0v) is 26.7. The average Bonchev–Trinajstić information content (AvgIpc) is 3.78. The third-order valence-corrected chi connectivity index (χ3v) is 9.16. The van der Waals surface area contributed by atoms with Crippen molar-refractivity contribution in [3.8, 4) is 22.8 Å². The first-order valence-electron chi connectivity index (χ1n) is 15.7. The van der Waals surface area contributed by atoms with Crippen LogP contribution >= 0.6 is 0 Å². The van der Waals surface area contributed by atoms with E-state index in [0.717, 1.165) is 12.1 Å². The van der Waals surface area contributed by atoms with Crippen LogP contribution in [0.1, 0.15) is 12.2 Å². The number of methoxy groups -OCH3 is 1. The quantitative estimate of drug-likeness (QED) is 0.269. The second-order valence-corrected chi connectivity index (χ2v) is 12.3. The maximum atomic E-state index is 14.9. The van der Waals surface area contributed by atoms with Gasteiger partial charge in [-0.15, -0.1) is 0 Å². The molecule has 250 valence electrons. The summed E-state index contributed by atoms with van der Waals surface area (Å²) >= 11 is 0. The molecule has 1 saturated heterocycles. The van der Waals surface area contributed by atoms with E-state index in [0.29, 0.717) is 58.2 Å². The van der Waals surface area contributed by atoms with E-state index >= 15 is 0 Å². The lowest BCUT2D eigenvalue weighted by atomic mass is 10.1. The zero-order valence-electron chi connectivity index (χ0n) is 26.7. The van der Waals surface area contributed by atoms with Crippen LogP contribution in [0, 0.1) is 24.4 Å². The smallest absolute Gasteiger partial charge is 0.245 e. The van der Waals surface area contributed by atoms with E-state index in [2.05, 4.69) is 20.1 Å². The maximum Gasteiger partial charge on any atom is 0.245 e. The Hall–Kier alpha value is -5.57. The topological polar surface area (TPSA) is 116 Å². The Labute approximate surface area is 277 Å². The van der Waals surface area contributed by atoms with Crippen LogP contribution in [0.5, 0.6) is 5.88 Å². The summed E-state index contributed by atoms with van der Waals surface area (Å²) in [6.45, 7) is 2.68. The highest BCUT2D eigenvalue weighted by atomic mass is 19.1. The largest absolute Gasteiger partial charge is 0.472 e. The van der Waals surface area contributed by atoms with Crippen LogP contribution in [-0.2, 0) is 16.1 Å². The zero-order chi connectivity index (χ0) is 34.0. The fraction of sp³-hybridized carbons (Fsp3) is 0.294. The fourth-order valence-corrected chi connectivity index (χ4v) is 6.87. The molecular formula is C34H30F3N9O3. The van der Waals surface area contributed by atoms with E-state index in [1.807, 2.05) is 16.4 Å². The van der Waals surface area contributed by atoms with Crippen molar-refractivity contribution in [3.63, 3.8) is 0 Å². The van der Waals surface area contributed by atoms with Crippen molar-refractivity contribution >= 4 is 33.8 Å². The minimum Gasteiger partial charge on any atom is -0.472 e. The predicted molar refractivity (Wildman–Crippen MR) is 173 cm³/mol. The Morgan fingerprint density at radius 2 is 1.84 bits per heavy atom. The summed E-state index contributed by atoms with van der Waals surface area (Å²) in [5.74, 6) is -0.778. The molecule has 4 aromatic heterocycles. The number of aromatic nitrogens is 7. The van der Waals surface area contributed by atoms with Crippen LogP contribution in [-0.4, -0.2) is 90.6 Å². The monoisotopic (exact) mass is 669 g/mol. The molecule has 0 spiro atoms. The highest BCUT2D eigenvalue weighted by Gasteiger charge is 2.42. The minimum atomic E-state index is -0.804. The van der Waals surface area contributed by atoms with E-state index in [9.17, 15) is 18.0 Å². The number of hydrogen-bond acceptors (Lipinski definition) is 9. The van der Waals surface area contributed by atoms with Crippen molar-refractivity contribution < 1.29 is 27.4 Å². The number of fused-ring (bicyclic) bond motifs is 6. The third-order valence-electron chi connectivity index (χ3n) is 9.16. The second-order valence-electron chi connectivity index (χ2n) is 12.3. The van der Waals surface area contributed by atoms with Gasteiger partial charge >= 0.3 is 0 Å². The van der Waals surface area contributed by atoms with Crippen molar-refractivity contribution in [3.05, 3.63) is 84.3 Å². The van der Waals surface area contributed by atoms with Gasteiger partial charge in [-0.05, 0) is 31.2 Å². The van der Waals surface area contributed by atoms with Crippen molar-refractivity contribution in [2.24, 2.45) is 0 Å². The number of benzene rings is 2. The van der Waals surface area contributed by atoms with E-state index in [-0.39, 0.29) is 30.3 Å². The molecule has 12 nitrogen and oxygen atoms in total. The summed E-state index contributed by atoms with van der Waals surface area (Å²) in [4.78, 5) is 36.1. The molecule has 0 N–H and O–H groups in total. The lowest BCUT2D eigenvalue weighted by molar-refractivity contribution is -0.133. The molecule has 2 aromatic carbocycles. The fourth-order valence-electron chi connectivity index (χ4n) is 6.87. The van der Waals surface area contributed by atoms with Gasteiger partial charge < -0.3 is 23.8 Å². The normalized spacial score (nSPS) is 19.7. The Balaban J connectivity index is 1.22. The Morgan fingerprint density at radius 1 is 0.980 bits per heavy atom. The standard InChI is InChI=1S/C34H30F3N9O3/c1-18-41-27-11-20(36)9-23-26-5-4-6-30(42-26)49-21-12-29(34(47)43(2)14-22(48-3)16-44(18)31(23)27)45(15-21)32-24-13-40-46(33(24)39-17-38-32)28-8-7-19(35)10-25(28)37/h4-11,13,17,21-22,29H,12,14-16H2,1-3H3/t21-,22-,29-/m0/s1. The molecule has 1 fully saturated rings. The van der Waals surface area contributed by atoms with Gasteiger partial charge in [-0.2, -0.15) is 5.10 Å². The number of rotatable bonds is 3. The number of carbonyl (C=O) groups is 1. The van der Waals surface area contributed by atoms with Crippen LogP contribution in [0.2, 0.25) is 0 Å². The Morgan fingerprint density at radius 3 is 2.65 bits per heavy atom. The number of ether oxygens (including phenoxy) is 2. The van der Waals surface area contributed by atoms with Gasteiger partial charge in [0, 0.05) is 50.9 Å². The number of halogens is 3. The molecule has 6 aromatic rings. The van der Waals surface area contributed by atoms with Gasteiger partial charge in [0.25, 0.3) is 0 Å². The van der Waals surface area contributed by atoms with Crippen LogP contribution in [0.4, 0.5) is 19.0 Å². The number of aryl methyl sites for hydroxylation is 1. The molecule has 15 heteroatoms. The van der Waals surface area contributed by atoms with E-state index in [1.165, 1.54) is 35.4 Å². The Kier molecular flexibility index (Phi) is 7.43. The van der Waals surface area contributed by atoms with Gasteiger partial charge in [0.05, 0.1) is 47.5 Å². The summed E-state index contributed by atoms with van der Waals surface area (Å²) in [6, 6.07) is 10.6. The van der Waals surface area contributed by atoms with Crippen LogP contribution in [0.25, 0.3) is 39.0 Å². The molecule has 0 aliphatic carbocycles. The summed E-state index contributed by atoms with van der Waals surface area (Å²) in [6.07, 6.45) is 2.17. The van der Waals surface area contributed by atoms with Crippen LogP contribution < -0.4 is 9.64 Å². The van der Waals surface area contributed by atoms with Crippen LogP contribution in [0.3, 0.4) is 0 Å². The lowest BCUT2D eigenvalue weighted by Crippen LogP contribution is -2.47. The number of carbonyl (C=O) groups excluding carboxylic acids is 1. The van der Waals surface area contributed by atoms with Gasteiger partial charge in [-0.3, -0.25) is 4.79 Å². The molecule has 0 saturated carbocycles. The van der Waals surface area contributed by atoms with Gasteiger partial charge in [-0.1, -0.05) is 6.07 Å². The highest BCUT2D eigenvalue weighted by molar-refractivity contribution is 5.93. The van der Waals surface area contributed by atoms with E-state index in [4.69, 9.17) is 14.5 Å². The molecule has 8 rings (SSSR count). The Bertz CT molecular complexity index is 2260. The van der Waals surface area contributed by atoms with Crippen LogP contribution in [0.15, 0.2) is 61.1 Å². The highest BCUT2D eigenvalue weighted by Crippen LogP contribution is 2.35. The molecular weight excluding hydrogens is 639 g/mol. The lowest BCUT2D eigenvalue weighted by Gasteiger charge is -2.30. The minimum absolute atomic E-state index is 0.0147. The second kappa shape index (κ2) is 11.8. The average molecular weight is 670 g/mol. The molecule has 6 heterocycles. The number of anilines is 1. The molecule has 49 heavy (non-hydrogen) atoms. The molecule has 4 bridgehead atoms. The third kappa shape index (κ3) is 5.30. The SMILES string of the molecule is CO[C@H]1CN(C)C(=O)[C@@H]2C[C@@H](CN2c2ncnc3c2cnn3-c2ccc(F)cc2F)Oc2cccc(n2)-c2cc(F)cc3nc(C)n(c23)C1. The van der Waals surface area contributed by atoms with Crippen molar-refractivity contribution in [1.82, 2.24) is 39.2 Å². The van der Waals surface area contributed by atoms with Gasteiger partial charge in [0.2, 0.25) is 11.8 Å². The summed E-state index contributed by atoms with van der Waals surface area (Å²) in [5, 5.41) is 4.82. The molecule has 2 aliphatic rings. The first-order chi connectivity index (χ1) is 23.7. The summed E-state index contributed by atoms with van der Waals surface area (Å²) in [5.41, 5.74) is 2.55. The van der Waals surface area contributed by atoms with Gasteiger partial charge in [0.1, 0.15) is 47.4 Å². The first kappa shape index (κ1) is 30.7. The van der Waals surface area contributed by atoms with Gasteiger partial charge in [0.15, 0.2) is 11.5 Å². The number of amides is 1. The molecule has 1 amide bonds.